The lowest BCUT2D eigenvalue weighted by atomic mass is 10.1. The molecule has 0 saturated carbocycles. The maximum Gasteiger partial charge on any atom is 0.416 e. The number of anilines is 2. The number of carbonyl (C=O) groups is 1. The lowest BCUT2D eigenvalue weighted by Crippen LogP contribution is -2.15. The quantitative estimate of drug-likeness (QED) is 0.577. The van der Waals surface area contributed by atoms with E-state index in [0.29, 0.717) is 27.6 Å². The largest absolute Gasteiger partial charge is 0.416 e. The van der Waals surface area contributed by atoms with Gasteiger partial charge in [0.2, 0.25) is 15.9 Å². The Morgan fingerprint density at radius 2 is 1.77 bits per heavy atom. The van der Waals surface area contributed by atoms with Crippen LogP contribution in [0.5, 0.6) is 0 Å². The van der Waals surface area contributed by atoms with Gasteiger partial charge >= 0.3 is 6.18 Å². The number of amides is 1. The van der Waals surface area contributed by atoms with E-state index in [1.807, 2.05) is 0 Å². The smallest absolute Gasteiger partial charge is 0.326 e. The van der Waals surface area contributed by atoms with Crippen molar-refractivity contribution in [1.29, 1.82) is 0 Å². The van der Waals surface area contributed by atoms with Crippen LogP contribution in [0.15, 0.2) is 53.9 Å². The topological polar surface area (TPSA) is 88.2 Å². The molecule has 158 valence electrons. The van der Waals surface area contributed by atoms with Gasteiger partial charge in [0, 0.05) is 16.6 Å². The Hall–Kier alpha value is -2.92. The lowest BCUT2D eigenvalue weighted by molar-refractivity contribution is -0.137. The third-order valence-electron chi connectivity index (χ3n) is 3.80. The molecule has 0 atom stereocenters. The fourth-order valence-electron chi connectivity index (χ4n) is 2.57. The number of halogens is 3. The molecule has 0 bridgehead atoms. The number of aromatic nitrogens is 1. The zero-order valence-corrected chi connectivity index (χ0v) is 17.2. The SMILES string of the molecule is CS(=O)(=O)Nc1cccc(NC(=O)Cc2csc(-c3ccc(C(F)(F)F)cc3)n2)c1. The molecule has 0 saturated heterocycles. The number of nitrogens with one attached hydrogen (secondary N) is 2. The molecule has 0 spiro atoms. The predicted molar refractivity (Wildman–Crippen MR) is 110 cm³/mol. The number of benzene rings is 2. The fourth-order valence-corrected chi connectivity index (χ4v) is 3.95. The maximum absolute atomic E-state index is 12.7. The van der Waals surface area contributed by atoms with Crippen LogP contribution in [0.3, 0.4) is 0 Å². The number of hydrogen-bond donors (Lipinski definition) is 2. The summed E-state index contributed by atoms with van der Waals surface area (Å²) in [6, 6.07) is 10.9. The molecular formula is C19H16F3N3O3S2. The van der Waals surface area contributed by atoms with E-state index in [2.05, 4.69) is 15.0 Å². The summed E-state index contributed by atoms with van der Waals surface area (Å²) in [4.78, 5) is 16.6. The molecule has 1 amide bonds. The highest BCUT2D eigenvalue weighted by atomic mass is 32.2. The predicted octanol–water partition coefficient (Wildman–Crippen LogP) is 4.38. The van der Waals surface area contributed by atoms with Crippen molar-refractivity contribution in [3.05, 3.63) is 65.2 Å². The second kappa shape index (κ2) is 8.44. The molecule has 0 unspecified atom stereocenters. The molecule has 0 aliphatic rings. The van der Waals surface area contributed by atoms with Crippen LogP contribution in [0.4, 0.5) is 24.5 Å². The van der Waals surface area contributed by atoms with Gasteiger partial charge in [0.15, 0.2) is 0 Å². The average molecular weight is 455 g/mol. The van der Waals surface area contributed by atoms with Crippen molar-refractivity contribution in [2.45, 2.75) is 12.6 Å². The second-order valence-electron chi connectivity index (χ2n) is 6.40. The zero-order chi connectivity index (χ0) is 21.9. The van der Waals surface area contributed by atoms with E-state index in [4.69, 9.17) is 0 Å². The first kappa shape index (κ1) is 21.8. The van der Waals surface area contributed by atoms with Crippen molar-refractivity contribution in [3.8, 4) is 10.6 Å². The molecule has 2 N–H and O–H groups in total. The molecule has 0 fully saturated rings. The third-order valence-corrected chi connectivity index (χ3v) is 5.35. The molecule has 2 aromatic carbocycles. The van der Waals surface area contributed by atoms with Crippen molar-refractivity contribution in [1.82, 2.24) is 4.98 Å². The monoisotopic (exact) mass is 455 g/mol. The standard InChI is InChI=1S/C19H16F3N3O3S2/c1-30(27,28)25-15-4-2-3-14(9-15)23-17(26)10-16-11-29-18(24-16)12-5-7-13(8-6-12)19(20,21)22/h2-9,11,25H,10H2,1H3,(H,23,26). The zero-order valence-electron chi connectivity index (χ0n) is 15.5. The van der Waals surface area contributed by atoms with E-state index in [1.165, 1.54) is 29.5 Å². The van der Waals surface area contributed by atoms with Gasteiger partial charge in [-0.1, -0.05) is 18.2 Å². The first-order valence-electron chi connectivity index (χ1n) is 8.49. The number of hydrogen-bond acceptors (Lipinski definition) is 5. The summed E-state index contributed by atoms with van der Waals surface area (Å²) in [5.74, 6) is -0.365. The van der Waals surface area contributed by atoms with Crippen LogP contribution in [0.2, 0.25) is 0 Å². The normalized spacial score (nSPS) is 11.9. The maximum atomic E-state index is 12.7. The molecule has 1 heterocycles. The highest BCUT2D eigenvalue weighted by molar-refractivity contribution is 7.92. The van der Waals surface area contributed by atoms with Gasteiger partial charge in [-0.15, -0.1) is 11.3 Å². The van der Waals surface area contributed by atoms with Gasteiger partial charge in [0.1, 0.15) is 5.01 Å². The van der Waals surface area contributed by atoms with Crippen LogP contribution in [0.1, 0.15) is 11.3 Å². The van der Waals surface area contributed by atoms with Gasteiger partial charge in [-0.25, -0.2) is 13.4 Å². The van der Waals surface area contributed by atoms with Crippen molar-refractivity contribution in [2.24, 2.45) is 0 Å². The van der Waals surface area contributed by atoms with Crippen molar-refractivity contribution >= 4 is 38.6 Å². The molecule has 6 nitrogen and oxygen atoms in total. The van der Waals surface area contributed by atoms with Gasteiger partial charge in [-0.3, -0.25) is 9.52 Å². The molecule has 30 heavy (non-hydrogen) atoms. The number of alkyl halides is 3. The number of sulfonamides is 1. The summed E-state index contributed by atoms with van der Waals surface area (Å²) >= 11 is 1.22. The Labute approximate surface area is 174 Å². The van der Waals surface area contributed by atoms with E-state index in [1.54, 1.807) is 23.6 Å². The minimum Gasteiger partial charge on any atom is -0.326 e. The van der Waals surface area contributed by atoms with Crippen LogP contribution in [0.25, 0.3) is 10.6 Å². The third kappa shape index (κ3) is 6.04. The van der Waals surface area contributed by atoms with Crippen LogP contribution in [-0.2, 0) is 27.4 Å². The molecule has 3 rings (SSSR count). The van der Waals surface area contributed by atoms with Crippen LogP contribution >= 0.6 is 11.3 Å². The number of nitrogens with zero attached hydrogens (tertiary/aromatic N) is 1. The van der Waals surface area contributed by atoms with Crippen molar-refractivity contribution in [3.63, 3.8) is 0 Å². The van der Waals surface area contributed by atoms with Crippen LogP contribution in [0, 0.1) is 0 Å². The summed E-state index contributed by atoms with van der Waals surface area (Å²) in [5.41, 5.74) is 0.979. The fraction of sp³-hybridized carbons (Fsp3) is 0.158. The minimum absolute atomic E-state index is 0.0408. The summed E-state index contributed by atoms with van der Waals surface area (Å²) in [5, 5.41) is 4.82. The molecule has 3 aromatic rings. The minimum atomic E-state index is -4.40. The van der Waals surface area contributed by atoms with Gasteiger partial charge in [-0.2, -0.15) is 13.2 Å². The Kier molecular flexibility index (Phi) is 6.13. The highest BCUT2D eigenvalue weighted by Gasteiger charge is 2.30. The summed E-state index contributed by atoms with van der Waals surface area (Å²) in [6.07, 6.45) is -3.42. The van der Waals surface area contributed by atoms with E-state index in [9.17, 15) is 26.4 Å². The molecule has 0 aliphatic carbocycles. The molecule has 0 aliphatic heterocycles. The van der Waals surface area contributed by atoms with Crippen molar-refractivity contribution in [2.75, 3.05) is 16.3 Å². The average Bonchev–Trinajstić information content (AvgIpc) is 3.08. The number of carbonyl (C=O) groups excluding carboxylic acids is 1. The number of rotatable bonds is 6. The summed E-state index contributed by atoms with van der Waals surface area (Å²) in [7, 11) is -3.44. The van der Waals surface area contributed by atoms with E-state index >= 15 is 0 Å². The highest BCUT2D eigenvalue weighted by Crippen LogP contribution is 2.31. The van der Waals surface area contributed by atoms with E-state index < -0.39 is 21.8 Å². The first-order valence-corrected chi connectivity index (χ1v) is 11.3. The Morgan fingerprint density at radius 3 is 2.40 bits per heavy atom. The van der Waals surface area contributed by atoms with E-state index in [0.717, 1.165) is 18.4 Å². The Morgan fingerprint density at radius 1 is 1.10 bits per heavy atom. The summed E-state index contributed by atoms with van der Waals surface area (Å²) in [6.45, 7) is 0. The van der Waals surface area contributed by atoms with E-state index in [-0.39, 0.29) is 12.3 Å². The molecular weight excluding hydrogens is 439 g/mol. The molecule has 1 aromatic heterocycles. The van der Waals surface area contributed by atoms with Gasteiger partial charge in [0.25, 0.3) is 0 Å². The van der Waals surface area contributed by atoms with Crippen molar-refractivity contribution < 1.29 is 26.4 Å². The second-order valence-corrected chi connectivity index (χ2v) is 9.01. The number of thiazole rings is 1. The van der Waals surface area contributed by atoms with Crippen LogP contribution < -0.4 is 10.0 Å². The Bertz CT molecular complexity index is 1160. The van der Waals surface area contributed by atoms with Gasteiger partial charge in [0.05, 0.1) is 29.6 Å². The van der Waals surface area contributed by atoms with Gasteiger partial charge < -0.3 is 5.32 Å². The molecule has 0 radical (unpaired) electrons. The lowest BCUT2D eigenvalue weighted by Gasteiger charge is -2.08. The van der Waals surface area contributed by atoms with Crippen LogP contribution in [-0.4, -0.2) is 25.6 Å². The molecule has 11 heteroatoms. The Balaban J connectivity index is 1.65. The first-order chi connectivity index (χ1) is 14.0. The summed E-state index contributed by atoms with van der Waals surface area (Å²) < 4.78 is 62.9. The van der Waals surface area contributed by atoms with Gasteiger partial charge in [-0.05, 0) is 30.3 Å².